The molecule has 0 spiro atoms. The molecule has 3 heterocycles. The van der Waals surface area contributed by atoms with Crippen LogP contribution in [0.2, 0.25) is 0 Å². The smallest absolute Gasteiger partial charge is 0.217 e. The molecule has 1 aromatic rings. The van der Waals surface area contributed by atoms with Gasteiger partial charge in [0.05, 0.1) is 0 Å². The van der Waals surface area contributed by atoms with Crippen molar-refractivity contribution in [3.05, 3.63) is 11.6 Å². The molecule has 1 amide bonds. The molecule has 1 aromatic heterocycles. The lowest BCUT2D eigenvalue weighted by molar-refractivity contribution is -0.119. The molecule has 8 heteroatoms. The van der Waals surface area contributed by atoms with Gasteiger partial charge in [-0.15, -0.1) is 10.2 Å². The number of hydrogen-bond acceptors (Lipinski definition) is 4. The maximum atomic E-state index is 11.2. The minimum Gasteiger partial charge on any atom is -0.370 e. The molecule has 2 aliphatic heterocycles. The number of carbonyl (C=O) groups is 1. The molecule has 24 heavy (non-hydrogen) atoms. The first kappa shape index (κ1) is 16.7. The van der Waals surface area contributed by atoms with Gasteiger partial charge in [-0.25, -0.2) is 4.99 Å². The number of likely N-dealkylation sites (tertiary alicyclic amines) is 1. The van der Waals surface area contributed by atoms with Gasteiger partial charge in [-0.05, 0) is 32.1 Å². The van der Waals surface area contributed by atoms with Gasteiger partial charge in [-0.3, -0.25) is 4.79 Å². The van der Waals surface area contributed by atoms with E-state index < -0.39 is 0 Å². The molecule has 8 nitrogen and oxygen atoms in total. The second-order valence-electron chi connectivity index (χ2n) is 6.58. The molecular weight excluding hydrogens is 306 g/mol. The first-order chi connectivity index (χ1) is 11.7. The summed E-state index contributed by atoms with van der Waals surface area (Å²) in [7, 11) is 0. The van der Waals surface area contributed by atoms with Crippen molar-refractivity contribution in [1.82, 2.24) is 25.0 Å². The Labute approximate surface area is 142 Å². The van der Waals surface area contributed by atoms with E-state index in [2.05, 4.69) is 31.9 Å². The zero-order valence-corrected chi connectivity index (χ0v) is 14.4. The zero-order chi connectivity index (χ0) is 16.9. The highest BCUT2D eigenvalue weighted by molar-refractivity contribution is 5.80. The predicted octanol–water partition coefficient (Wildman–Crippen LogP) is 0.277. The first-order valence-corrected chi connectivity index (χ1v) is 8.90. The monoisotopic (exact) mass is 333 g/mol. The summed E-state index contributed by atoms with van der Waals surface area (Å²) in [6.45, 7) is 6.19. The average molecular weight is 333 g/mol. The molecule has 2 aliphatic rings. The third kappa shape index (κ3) is 3.85. The van der Waals surface area contributed by atoms with Crippen LogP contribution >= 0.6 is 0 Å². The van der Waals surface area contributed by atoms with Crippen molar-refractivity contribution < 1.29 is 4.79 Å². The van der Waals surface area contributed by atoms with E-state index >= 15 is 0 Å². The van der Waals surface area contributed by atoms with Gasteiger partial charge >= 0.3 is 0 Å². The quantitative estimate of drug-likeness (QED) is 0.595. The van der Waals surface area contributed by atoms with Gasteiger partial charge in [-0.1, -0.05) is 0 Å². The van der Waals surface area contributed by atoms with E-state index in [1.54, 1.807) is 0 Å². The van der Waals surface area contributed by atoms with Crippen LogP contribution in [0.15, 0.2) is 4.99 Å². The van der Waals surface area contributed by atoms with Crippen LogP contribution in [-0.2, 0) is 24.3 Å². The number of guanidine groups is 1. The molecule has 132 valence electrons. The van der Waals surface area contributed by atoms with Crippen LogP contribution in [0.5, 0.6) is 0 Å². The van der Waals surface area contributed by atoms with E-state index in [1.807, 2.05) is 0 Å². The molecule has 1 fully saturated rings. The molecule has 1 saturated heterocycles. The lowest BCUT2D eigenvalue weighted by Gasteiger charge is -2.34. The Kier molecular flexibility index (Phi) is 5.32. The Morgan fingerprint density at radius 1 is 1.38 bits per heavy atom. The van der Waals surface area contributed by atoms with Crippen molar-refractivity contribution in [2.24, 2.45) is 16.6 Å². The van der Waals surface area contributed by atoms with Crippen molar-refractivity contribution in [3.63, 3.8) is 0 Å². The Bertz CT molecular complexity index is 610. The number of amides is 1. The van der Waals surface area contributed by atoms with Crippen molar-refractivity contribution in [3.8, 4) is 0 Å². The Hall–Kier alpha value is -2.12. The number of carbonyl (C=O) groups excluding carboxylic acids is 1. The number of nitrogens with zero attached hydrogens (tertiary/aromatic N) is 5. The number of nitrogens with one attached hydrogen (secondary N) is 1. The molecule has 0 bridgehead atoms. The molecule has 1 atom stereocenters. The molecule has 0 saturated carbocycles. The maximum absolute atomic E-state index is 11.2. The Morgan fingerprint density at radius 2 is 2.25 bits per heavy atom. The summed E-state index contributed by atoms with van der Waals surface area (Å²) < 4.78 is 2.18. The maximum Gasteiger partial charge on any atom is 0.217 e. The fourth-order valence-electron chi connectivity index (χ4n) is 3.61. The Morgan fingerprint density at radius 3 is 3.04 bits per heavy atom. The molecular formula is C16H27N7O. The summed E-state index contributed by atoms with van der Waals surface area (Å²) in [4.78, 5) is 18.2. The van der Waals surface area contributed by atoms with Gasteiger partial charge in [0.15, 0.2) is 11.8 Å². The highest BCUT2D eigenvalue weighted by Gasteiger charge is 2.24. The first-order valence-electron chi connectivity index (χ1n) is 8.90. The van der Waals surface area contributed by atoms with Crippen molar-refractivity contribution in [2.75, 3.05) is 19.6 Å². The van der Waals surface area contributed by atoms with E-state index in [0.717, 1.165) is 69.5 Å². The van der Waals surface area contributed by atoms with Crippen LogP contribution < -0.4 is 11.1 Å². The molecule has 1 unspecified atom stereocenters. The topological polar surface area (TPSA) is 101 Å². The second kappa shape index (κ2) is 7.63. The summed E-state index contributed by atoms with van der Waals surface area (Å²) in [5.74, 6) is 3.00. The number of fused-ring (bicyclic) bond motifs is 1. The summed E-state index contributed by atoms with van der Waals surface area (Å²) in [5.41, 5.74) is 5.36. The molecule has 0 aliphatic carbocycles. The SMILES string of the molecule is CCNC(=NCc1nnc2n1CCC2)N1CCCC(CC(N)=O)C1. The van der Waals surface area contributed by atoms with Crippen molar-refractivity contribution in [1.29, 1.82) is 0 Å². The number of primary amides is 1. The third-order valence-electron chi connectivity index (χ3n) is 4.70. The summed E-state index contributed by atoms with van der Waals surface area (Å²) >= 11 is 0. The molecule has 3 N–H and O–H groups in total. The van der Waals surface area contributed by atoms with Crippen molar-refractivity contribution >= 4 is 11.9 Å². The largest absolute Gasteiger partial charge is 0.370 e. The number of aliphatic imine (C=N–C) groups is 1. The number of hydrogen-bond donors (Lipinski definition) is 2. The van der Waals surface area contributed by atoms with E-state index in [9.17, 15) is 4.79 Å². The van der Waals surface area contributed by atoms with E-state index in [4.69, 9.17) is 10.7 Å². The third-order valence-corrected chi connectivity index (χ3v) is 4.70. The summed E-state index contributed by atoms with van der Waals surface area (Å²) in [6, 6.07) is 0. The number of aromatic nitrogens is 3. The van der Waals surface area contributed by atoms with Crippen LogP contribution in [0.1, 0.15) is 44.3 Å². The number of rotatable bonds is 5. The van der Waals surface area contributed by atoms with E-state index in [0.29, 0.717) is 18.9 Å². The van der Waals surface area contributed by atoms with Gasteiger partial charge in [0.1, 0.15) is 12.4 Å². The van der Waals surface area contributed by atoms with Crippen LogP contribution in [-0.4, -0.2) is 51.2 Å². The lowest BCUT2D eigenvalue weighted by Crippen LogP contribution is -2.47. The van der Waals surface area contributed by atoms with Crippen LogP contribution in [0.4, 0.5) is 0 Å². The number of piperidine rings is 1. The van der Waals surface area contributed by atoms with Crippen LogP contribution in [0, 0.1) is 5.92 Å². The van der Waals surface area contributed by atoms with Gasteiger partial charge in [0, 0.05) is 39.0 Å². The normalized spacial score (nSPS) is 21.0. The summed E-state index contributed by atoms with van der Waals surface area (Å²) in [6.07, 6.45) is 4.72. The van der Waals surface area contributed by atoms with Crippen LogP contribution in [0.25, 0.3) is 0 Å². The fraction of sp³-hybridized carbons (Fsp3) is 0.750. The highest BCUT2D eigenvalue weighted by atomic mass is 16.1. The minimum atomic E-state index is -0.220. The van der Waals surface area contributed by atoms with E-state index in [1.165, 1.54) is 0 Å². The zero-order valence-electron chi connectivity index (χ0n) is 14.4. The standard InChI is InChI=1S/C16H27N7O/c1-2-18-16(22-7-3-5-12(11-22)9-13(17)24)19-10-15-21-20-14-6-4-8-23(14)15/h12H,2-11H2,1H3,(H2,17,24)(H,18,19). The fourth-order valence-corrected chi connectivity index (χ4v) is 3.61. The van der Waals surface area contributed by atoms with Gasteiger partial charge < -0.3 is 20.5 Å². The van der Waals surface area contributed by atoms with Gasteiger partial charge in [0.25, 0.3) is 0 Å². The van der Waals surface area contributed by atoms with Gasteiger partial charge in [0.2, 0.25) is 5.91 Å². The molecule has 0 aromatic carbocycles. The van der Waals surface area contributed by atoms with E-state index in [-0.39, 0.29) is 5.91 Å². The highest BCUT2D eigenvalue weighted by Crippen LogP contribution is 2.20. The molecule has 3 rings (SSSR count). The predicted molar refractivity (Wildman–Crippen MR) is 91.3 cm³/mol. The van der Waals surface area contributed by atoms with Crippen molar-refractivity contribution in [2.45, 2.75) is 52.1 Å². The second-order valence-corrected chi connectivity index (χ2v) is 6.58. The minimum absolute atomic E-state index is 0.220. The number of nitrogens with two attached hydrogens (primary N) is 1. The van der Waals surface area contributed by atoms with Gasteiger partial charge in [-0.2, -0.15) is 0 Å². The van der Waals surface area contributed by atoms with Crippen LogP contribution in [0.3, 0.4) is 0 Å². The lowest BCUT2D eigenvalue weighted by atomic mass is 9.95. The average Bonchev–Trinajstić information content (AvgIpc) is 3.15. The number of aryl methyl sites for hydroxylation is 1. The molecule has 0 radical (unpaired) electrons. The Balaban J connectivity index is 1.67. The summed E-state index contributed by atoms with van der Waals surface area (Å²) in [5, 5.41) is 11.9.